The van der Waals surface area contributed by atoms with E-state index in [0.29, 0.717) is 0 Å². The van der Waals surface area contributed by atoms with Crippen molar-refractivity contribution in [3.63, 3.8) is 0 Å². The molecule has 0 N–H and O–H groups in total. The molecule has 0 spiro atoms. The lowest BCUT2D eigenvalue weighted by atomic mass is 9.91. The third kappa shape index (κ3) is 5.66. The quantitative estimate of drug-likeness (QED) is 0.148. The number of hydrogen-bond donors (Lipinski definition) is 0. The minimum Gasteiger partial charge on any atom is -0.309 e. The standard InChI is InChI=1S/C62H40N2/c1-3-16-41(17-4-1)42-30-34-47(35-31-42)63-59-37-33-45(39-56(59)62-54(27-15-29-60(62)63)51-24-10-9-21-48(51)43-18-5-2-6-19-43)44-32-36-58-55(38-44)53-26-13-14-28-57(53)64(58)61-40-46-20-7-8-22-49(46)50-23-11-12-25-52(50)61/h1-40H. The van der Waals surface area contributed by atoms with Gasteiger partial charge < -0.3 is 9.13 Å². The van der Waals surface area contributed by atoms with Crippen LogP contribution in [-0.4, -0.2) is 9.13 Å². The second-order valence-electron chi connectivity index (χ2n) is 16.8. The molecular weight excluding hydrogens is 773 g/mol. The first-order valence-electron chi connectivity index (χ1n) is 22.1. The SMILES string of the molecule is c1ccc(-c2ccc(-n3c4ccc(-c5ccc6c(c5)c5ccccc5n6-c5cc6ccccc6c6ccccc56)cc4c4c(-c5ccccc5-c5ccccc5)cccc43)cc2)cc1. The number of aromatic nitrogens is 2. The van der Waals surface area contributed by atoms with Gasteiger partial charge in [0, 0.05) is 32.6 Å². The fourth-order valence-corrected chi connectivity index (χ4v) is 10.4. The third-order valence-corrected chi connectivity index (χ3v) is 13.3. The fraction of sp³-hybridized carbons (Fsp3) is 0. The Hall–Kier alpha value is -8.46. The van der Waals surface area contributed by atoms with E-state index in [2.05, 4.69) is 252 Å². The second-order valence-corrected chi connectivity index (χ2v) is 16.8. The van der Waals surface area contributed by atoms with Crippen molar-refractivity contribution >= 4 is 65.2 Å². The van der Waals surface area contributed by atoms with Gasteiger partial charge in [0.1, 0.15) is 0 Å². The summed E-state index contributed by atoms with van der Waals surface area (Å²) in [6.45, 7) is 0. The molecule has 2 aromatic heterocycles. The Kier molecular flexibility index (Phi) is 8.25. The van der Waals surface area contributed by atoms with Crippen molar-refractivity contribution in [3.05, 3.63) is 243 Å². The molecule has 0 aliphatic heterocycles. The van der Waals surface area contributed by atoms with Crippen molar-refractivity contribution < 1.29 is 0 Å². The fourth-order valence-electron chi connectivity index (χ4n) is 10.4. The molecule has 0 radical (unpaired) electrons. The summed E-state index contributed by atoms with van der Waals surface area (Å²) >= 11 is 0. The second kappa shape index (κ2) is 14.6. The molecule has 2 heteroatoms. The van der Waals surface area contributed by atoms with E-state index in [1.54, 1.807) is 0 Å². The van der Waals surface area contributed by atoms with Crippen LogP contribution in [0.1, 0.15) is 0 Å². The molecule has 11 aromatic carbocycles. The highest BCUT2D eigenvalue weighted by Crippen LogP contribution is 2.44. The number of benzene rings is 11. The molecule has 0 saturated carbocycles. The molecule has 13 aromatic rings. The average Bonchev–Trinajstić information content (AvgIpc) is 3.89. The van der Waals surface area contributed by atoms with Gasteiger partial charge in [0.25, 0.3) is 0 Å². The summed E-state index contributed by atoms with van der Waals surface area (Å²) in [6, 6.07) is 89.0. The van der Waals surface area contributed by atoms with E-state index in [-0.39, 0.29) is 0 Å². The molecule has 0 unspecified atom stereocenters. The summed E-state index contributed by atoms with van der Waals surface area (Å²) in [5.41, 5.74) is 16.8. The van der Waals surface area contributed by atoms with Gasteiger partial charge in [-0.3, -0.25) is 0 Å². The molecule has 0 aliphatic carbocycles. The predicted octanol–water partition coefficient (Wildman–Crippen LogP) is 16.9. The molecule has 2 heterocycles. The monoisotopic (exact) mass is 812 g/mol. The van der Waals surface area contributed by atoms with E-state index in [0.717, 1.165) is 5.69 Å². The van der Waals surface area contributed by atoms with Gasteiger partial charge in [0.05, 0.1) is 27.8 Å². The van der Waals surface area contributed by atoms with E-state index < -0.39 is 0 Å². The van der Waals surface area contributed by atoms with Crippen LogP contribution in [0.15, 0.2) is 243 Å². The highest BCUT2D eigenvalue weighted by Gasteiger charge is 2.21. The molecule has 2 nitrogen and oxygen atoms in total. The van der Waals surface area contributed by atoms with Gasteiger partial charge in [0.15, 0.2) is 0 Å². The van der Waals surface area contributed by atoms with Crippen molar-refractivity contribution in [2.45, 2.75) is 0 Å². The molecule has 0 fully saturated rings. The maximum atomic E-state index is 2.47. The van der Waals surface area contributed by atoms with Crippen molar-refractivity contribution in [1.82, 2.24) is 9.13 Å². The lowest BCUT2D eigenvalue weighted by molar-refractivity contribution is 1.18. The van der Waals surface area contributed by atoms with Gasteiger partial charge in [-0.25, -0.2) is 0 Å². The van der Waals surface area contributed by atoms with Crippen LogP contribution < -0.4 is 0 Å². The summed E-state index contributed by atoms with van der Waals surface area (Å²) in [7, 11) is 0. The third-order valence-electron chi connectivity index (χ3n) is 13.3. The van der Waals surface area contributed by atoms with Crippen molar-refractivity contribution in [1.29, 1.82) is 0 Å². The molecule has 298 valence electrons. The van der Waals surface area contributed by atoms with Crippen LogP contribution in [0, 0.1) is 0 Å². The number of fused-ring (bicyclic) bond motifs is 9. The number of hydrogen-bond acceptors (Lipinski definition) is 0. The molecule has 0 saturated heterocycles. The Morgan fingerprint density at radius 2 is 0.750 bits per heavy atom. The van der Waals surface area contributed by atoms with Crippen LogP contribution in [0.3, 0.4) is 0 Å². The van der Waals surface area contributed by atoms with Crippen LogP contribution >= 0.6 is 0 Å². The lowest BCUT2D eigenvalue weighted by Crippen LogP contribution is -1.96. The van der Waals surface area contributed by atoms with Crippen LogP contribution in [0.5, 0.6) is 0 Å². The van der Waals surface area contributed by atoms with Crippen molar-refractivity contribution in [3.8, 4) is 55.9 Å². The average molecular weight is 813 g/mol. The Morgan fingerprint density at radius 1 is 0.234 bits per heavy atom. The van der Waals surface area contributed by atoms with Crippen LogP contribution in [0.2, 0.25) is 0 Å². The van der Waals surface area contributed by atoms with Gasteiger partial charge >= 0.3 is 0 Å². The van der Waals surface area contributed by atoms with Gasteiger partial charge in [-0.05, 0) is 115 Å². The van der Waals surface area contributed by atoms with E-state index in [1.165, 1.54) is 115 Å². The van der Waals surface area contributed by atoms with Gasteiger partial charge in [-0.15, -0.1) is 0 Å². The normalized spacial score (nSPS) is 11.8. The predicted molar refractivity (Wildman–Crippen MR) is 272 cm³/mol. The first-order chi connectivity index (χ1) is 31.8. The molecule has 0 amide bonds. The smallest absolute Gasteiger partial charge is 0.0547 e. The number of para-hydroxylation sites is 1. The Bertz CT molecular complexity index is 3930. The summed E-state index contributed by atoms with van der Waals surface area (Å²) < 4.78 is 4.92. The van der Waals surface area contributed by atoms with Crippen LogP contribution in [-0.2, 0) is 0 Å². The molecule has 64 heavy (non-hydrogen) atoms. The molecule has 0 atom stereocenters. The summed E-state index contributed by atoms with van der Waals surface area (Å²) in [5.74, 6) is 0. The number of rotatable bonds is 6. The van der Waals surface area contributed by atoms with E-state index in [4.69, 9.17) is 0 Å². The highest BCUT2D eigenvalue weighted by atomic mass is 15.0. The first kappa shape index (κ1) is 36.2. The van der Waals surface area contributed by atoms with Crippen molar-refractivity contribution in [2.75, 3.05) is 0 Å². The minimum absolute atomic E-state index is 1.14. The Morgan fingerprint density at radius 3 is 1.52 bits per heavy atom. The molecule has 13 rings (SSSR count). The summed E-state index contributed by atoms with van der Waals surface area (Å²) in [5, 5.41) is 9.98. The maximum Gasteiger partial charge on any atom is 0.0547 e. The van der Waals surface area contributed by atoms with Gasteiger partial charge in [0.2, 0.25) is 0 Å². The van der Waals surface area contributed by atoms with E-state index in [1.807, 2.05) is 0 Å². The van der Waals surface area contributed by atoms with Gasteiger partial charge in [-0.1, -0.05) is 188 Å². The Balaban J connectivity index is 1.04. The van der Waals surface area contributed by atoms with Crippen molar-refractivity contribution in [2.24, 2.45) is 0 Å². The van der Waals surface area contributed by atoms with E-state index >= 15 is 0 Å². The Labute approximate surface area is 371 Å². The zero-order valence-electron chi connectivity index (χ0n) is 35.0. The summed E-state index contributed by atoms with van der Waals surface area (Å²) in [4.78, 5) is 0. The van der Waals surface area contributed by atoms with Gasteiger partial charge in [-0.2, -0.15) is 0 Å². The zero-order chi connectivity index (χ0) is 42.1. The zero-order valence-corrected chi connectivity index (χ0v) is 35.0. The van der Waals surface area contributed by atoms with Crippen LogP contribution in [0.4, 0.5) is 0 Å². The first-order valence-corrected chi connectivity index (χ1v) is 22.1. The molecule has 0 aliphatic rings. The minimum atomic E-state index is 1.14. The number of nitrogens with zero attached hydrogens (tertiary/aromatic N) is 2. The highest BCUT2D eigenvalue weighted by molar-refractivity contribution is 6.19. The maximum absolute atomic E-state index is 2.47. The largest absolute Gasteiger partial charge is 0.309 e. The topological polar surface area (TPSA) is 9.86 Å². The summed E-state index contributed by atoms with van der Waals surface area (Å²) in [6.07, 6.45) is 0. The van der Waals surface area contributed by atoms with E-state index in [9.17, 15) is 0 Å². The lowest BCUT2D eigenvalue weighted by Gasteiger charge is -2.14. The molecule has 0 bridgehead atoms. The van der Waals surface area contributed by atoms with Crippen LogP contribution in [0.25, 0.3) is 121 Å². The molecular formula is C62H40N2.